The molecule has 0 spiro atoms. The number of phenols is 1. The van der Waals surface area contributed by atoms with Gasteiger partial charge in [0.15, 0.2) is 5.58 Å². The van der Waals surface area contributed by atoms with Gasteiger partial charge in [-0.05, 0) is 92.4 Å². The van der Waals surface area contributed by atoms with E-state index in [1.54, 1.807) is 73.7 Å². The van der Waals surface area contributed by atoms with E-state index in [2.05, 4.69) is 20.9 Å². The predicted octanol–water partition coefficient (Wildman–Crippen LogP) is 7.40. The number of aromatic hydroxyl groups is 1. The molecule has 1 saturated carbocycles. The van der Waals surface area contributed by atoms with Crippen LogP contribution in [0.25, 0.3) is 22.6 Å². The molecule has 1 N–H and O–H groups in total. The molecule has 2 saturated heterocycles. The van der Waals surface area contributed by atoms with Crippen molar-refractivity contribution >= 4 is 62.0 Å². The number of anilines is 2. The highest BCUT2D eigenvalue weighted by Crippen LogP contribution is 2.64. The van der Waals surface area contributed by atoms with Crippen molar-refractivity contribution in [2.24, 2.45) is 29.1 Å². The topological polar surface area (TPSA) is 121 Å². The van der Waals surface area contributed by atoms with Crippen LogP contribution in [-0.2, 0) is 19.2 Å². The largest absolute Gasteiger partial charge is 0.508 e. The van der Waals surface area contributed by atoms with Gasteiger partial charge in [-0.1, -0.05) is 57.9 Å². The molecule has 4 amide bonds. The van der Waals surface area contributed by atoms with Gasteiger partial charge in [-0.25, -0.2) is 9.88 Å². The number of para-hydroxylation sites is 3. The first-order valence-corrected chi connectivity index (χ1v) is 17.4. The first-order valence-electron chi connectivity index (χ1n) is 16.6. The Kier molecular flexibility index (Phi) is 6.80. The van der Waals surface area contributed by atoms with Crippen molar-refractivity contribution < 1.29 is 28.7 Å². The molecule has 3 heterocycles. The Labute approximate surface area is 295 Å². The van der Waals surface area contributed by atoms with Crippen LogP contribution in [0.15, 0.2) is 118 Å². The first-order chi connectivity index (χ1) is 24.2. The number of aromatic nitrogens is 1. The summed E-state index contributed by atoms with van der Waals surface area (Å²) in [6.07, 6.45) is 2.51. The Bertz CT molecular complexity index is 2270. The third-order valence-corrected chi connectivity index (χ3v) is 11.7. The fourth-order valence-corrected chi connectivity index (χ4v) is 9.32. The molecule has 6 atom stereocenters. The highest BCUT2D eigenvalue weighted by Gasteiger charge is 2.68. The normalized spacial score (nSPS) is 27.4. The number of benzene rings is 4. The number of carbonyl (C=O) groups excluding carboxylic acids is 4. The second-order valence-corrected chi connectivity index (χ2v) is 14.7. The summed E-state index contributed by atoms with van der Waals surface area (Å²) in [5.41, 5.74) is 3.09. The van der Waals surface area contributed by atoms with Gasteiger partial charge >= 0.3 is 0 Å². The standard InChI is InChI=1S/C40H30BrN3O6/c1-40-29(37(47)44(39(40)49)23-7-3-2-4-8-23)20-27-25(34(40)28-19-22(41)13-18-31(28)45)16-17-26-33(27)38(48)43(36(26)46)24-14-11-21(12-15-24)35-42-30-9-5-6-10-32(30)50-35/h2-16,18-19,26-27,29,33-34,45H,17,20H2,1H3/t26-,27+,29-,33-,34+,40+/m0/s1. The van der Waals surface area contributed by atoms with E-state index < -0.39 is 35.0 Å². The molecule has 4 aliphatic rings. The number of fused-ring (bicyclic) bond motifs is 5. The summed E-state index contributed by atoms with van der Waals surface area (Å²) in [7, 11) is 0. The molecule has 5 aromatic rings. The molecule has 50 heavy (non-hydrogen) atoms. The summed E-state index contributed by atoms with van der Waals surface area (Å²) in [5.74, 6) is -4.21. The van der Waals surface area contributed by atoms with Crippen LogP contribution < -0.4 is 9.80 Å². The summed E-state index contributed by atoms with van der Waals surface area (Å²) in [6.45, 7) is 1.81. The highest BCUT2D eigenvalue weighted by atomic mass is 79.9. The minimum atomic E-state index is -1.24. The van der Waals surface area contributed by atoms with Crippen LogP contribution in [-0.4, -0.2) is 33.7 Å². The molecule has 4 aromatic carbocycles. The quantitative estimate of drug-likeness (QED) is 0.151. The van der Waals surface area contributed by atoms with Gasteiger partial charge in [0, 0.05) is 21.5 Å². The number of allylic oxidation sites excluding steroid dienone is 2. The van der Waals surface area contributed by atoms with Gasteiger partial charge in [0.2, 0.25) is 29.5 Å². The van der Waals surface area contributed by atoms with Crippen LogP contribution >= 0.6 is 15.9 Å². The van der Waals surface area contributed by atoms with Crippen molar-refractivity contribution in [2.75, 3.05) is 9.80 Å². The van der Waals surface area contributed by atoms with Gasteiger partial charge < -0.3 is 9.52 Å². The van der Waals surface area contributed by atoms with Crippen LogP contribution in [0, 0.1) is 29.1 Å². The van der Waals surface area contributed by atoms with Gasteiger partial charge in [0.05, 0.1) is 34.5 Å². The number of hydrogen-bond acceptors (Lipinski definition) is 7. The first kappa shape index (κ1) is 30.7. The van der Waals surface area contributed by atoms with Gasteiger partial charge in [-0.2, -0.15) is 0 Å². The smallest absolute Gasteiger partial charge is 0.241 e. The number of rotatable bonds is 4. The minimum Gasteiger partial charge on any atom is -0.508 e. The Morgan fingerprint density at radius 1 is 0.820 bits per heavy atom. The molecule has 2 aliphatic carbocycles. The predicted molar refractivity (Wildman–Crippen MR) is 189 cm³/mol. The monoisotopic (exact) mass is 727 g/mol. The van der Waals surface area contributed by atoms with Crippen molar-refractivity contribution in [2.45, 2.75) is 25.7 Å². The fourth-order valence-electron chi connectivity index (χ4n) is 8.94. The fraction of sp³-hybridized carbons (Fsp3) is 0.225. The van der Waals surface area contributed by atoms with Crippen molar-refractivity contribution in [3.05, 3.63) is 119 Å². The molecular formula is C40H30BrN3O6. The Hall–Kier alpha value is -5.35. The molecule has 3 fully saturated rings. The second kappa shape index (κ2) is 11.1. The number of imide groups is 2. The zero-order valence-corrected chi connectivity index (χ0v) is 28.4. The van der Waals surface area contributed by atoms with E-state index in [4.69, 9.17) is 4.42 Å². The minimum absolute atomic E-state index is 0.00487. The lowest BCUT2D eigenvalue weighted by atomic mass is 9.51. The van der Waals surface area contributed by atoms with Gasteiger partial charge in [-0.15, -0.1) is 0 Å². The van der Waals surface area contributed by atoms with Crippen LogP contribution in [0.2, 0.25) is 0 Å². The highest BCUT2D eigenvalue weighted by molar-refractivity contribution is 9.10. The van der Waals surface area contributed by atoms with Crippen molar-refractivity contribution in [3.8, 4) is 17.2 Å². The number of phenolic OH excluding ortho intramolecular Hbond substituents is 1. The maximum absolute atomic E-state index is 14.5. The van der Waals surface area contributed by atoms with Crippen LogP contribution in [0.4, 0.5) is 11.4 Å². The van der Waals surface area contributed by atoms with Gasteiger partial charge in [-0.3, -0.25) is 24.1 Å². The van der Waals surface area contributed by atoms with Gasteiger partial charge in [0.1, 0.15) is 11.3 Å². The average Bonchev–Trinajstić information content (AvgIpc) is 3.73. The number of carbonyl (C=O) groups is 4. The van der Waals surface area contributed by atoms with Gasteiger partial charge in [0.25, 0.3) is 0 Å². The maximum Gasteiger partial charge on any atom is 0.241 e. The molecule has 1 aromatic heterocycles. The number of oxazole rings is 1. The molecule has 248 valence electrons. The molecule has 9 nitrogen and oxygen atoms in total. The third kappa shape index (κ3) is 4.27. The Morgan fingerprint density at radius 2 is 1.54 bits per heavy atom. The lowest BCUT2D eigenvalue weighted by Gasteiger charge is -2.49. The van der Waals surface area contributed by atoms with Crippen molar-refractivity contribution in [1.82, 2.24) is 4.98 Å². The summed E-state index contributed by atoms with van der Waals surface area (Å²) in [5, 5.41) is 11.3. The molecule has 9 rings (SSSR count). The molecule has 0 unspecified atom stereocenters. The number of halogens is 1. The van der Waals surface area contributed by atoms with E-state index >= 15 is 0 Å². The van der Waals surface area contributed by atoms with Crippen molar-refractivity contribution in [1.29, 1.82) is 0 Å². The molecular weight excluding hydrogens is 698 g/mol. The number of hydrogen-bond donors (Lipinski definition) is 1. The van der Waals surface area contributed by atoms with E-state index in [0.29, 0.717) is 44.9 Å². The third-order valence-electron chi connectivity index (χ3n) is 11.3. The van der Waals surface area contributed by atoms with Crippen LogP contribution in [0.5, 0.6) is 5.75 Å². The summed E-state index contributed by atoms with van der Waals surface area (Å²) in [6, 6.07) is 28.4. The number of amides is 4. The van der Waals surface area contributed by atoms with E-state index in [9.17, 15) is 24.3 Å². The van der Waals surface area contributed by atoms with E-state index in [1.165, 1.54) is 9.80 Å². The Morgan fingerprint density at radius 3 is 2.30 bits per heavy atom. The molecule has 2 aliphatic heterocycles. The van der Waals surface area contributed by atoms with E-state index in [0.717, 1.165) is 11.1 Å². The molecule has 0 radical (unpaired) electrons. The van der Waals surface area contributed by atoms with Crippen LogP contribution in [0.3, 0.4) is 0 Å². The zero-order chi connectivity index (χ0) is 34.5. The van der Waals surface area contributed by atoms with E-state index in [-0.39, 0.29) is 35.8 Å². The zero-order valence-electron chi connectivity index (χ0n) is 26.8. The second-order valence-electron chi connectivity index (χ2n) is 13.7. The molecule has 0 bridgehead atoms. The SMILES string of the molecule is C[C@@]12C(=O)N(c3ccccc3)C(=O)[C@@H]1C[C@@H]1C(=CC[C@@H]3C(=O)N(c4ccc(-c5nc6ccccc6o5)cc4)C(=O)[C@@H]31)[C@@H]2c1cc(Br)ccc1O. The van der Waals surface area contributed by atoms with Crippen LogP contribution in [0.1, 0.15) is 31.2 Å². The van der Waals surface area contributed by atoms with Crippen molar-refractivity contribution in [3.63, 3.8) is 0 Å². The number of nitrogens with zero attached hydrogens (tertiary/aromatic N) is 3. The lowest BCUT2D eigenvalue weighted by molar-refractivity contribution is -0.131. The van der Waals surface area contributed by atoms with E-state index in [1.807, 2.05) is 36.4 Å². The maximum atomic E-state index is 14.5. The Balaban J connectivity index is 1.10. The summed E-state index contributed by atoms with van der Waals surface area (Å²) in [4.78, 5) is 64.5. The lowest BCUT2D eigenvalue weighted by Crippen LogP contribution is -2.48. The summed E-state index contributed by atoms with van der Waals surface area (Å²) < 4.78 is 6.62. The average molecular weight is 729 g/mol. The summed E-state index contributed by atoms with van der Waals surface area (Å²) >= 11 is 3.53. The molecule has 10 heteroatoms.